The molecule has 1 aliphatic heterocycles. The topological polar surface area (TPSA) is 73.1 Å². The molecule has 1 aliphatic rings. The second-order valence-electron chi connectivity index (χ2n) is 5.09. The number of aryl methyl sites for hydroxylation is 1. The summed E-state index contributed by atoms with van der Waals surface area (Å²) >= 11 is 0. The Morgan fingerprint density at radius 1 is 1.38 bits per heavy atom. The first-order chi connectivity index (χ1) is 10.2. The van der Waals surface area contributed by atoms with Crippen LogP contribution in [-0.2, 0) is 7.05 Å². The van der Waals surface area contributed by atoms with Gasteiger partial charge in [-0.1, -0.05) is 5.21 Å². The van der Waals surface area contributed by atoms with Gasteiger partial charge in [0, 0.05) is 26.0 Å². The van der Waals surface area contributed by atoms with Crippen molar-refractivity contribution in [2.75, 3.05) is 13.1 Å². The van der Waals surface area contributed by atoms with E-state index in [1.165, 1.54) is 4.68 Å². The zero-order chi connectivity index (χ0) is 14.7. The molecular weight excluding hydrogens is 270 g/mol. The van der Waals surface area contributed by atoms with Crippen molar-refractivity contribution in [1.29, 1.82) is 0 Å². The lowest BCUT2D eigenvalue weighted by Crippen LogP contribution is -2.44. The van der Waals surface area contributed by atoms with Gasteiger partial charge in [-0.15, -0.1) is 5.10 Å². The molecule has 0 radical (unpaired) electrons. The molecule has 21 heavy (non-hydrogen) atoms. The normalized spacial score (nSPS) is 18.5. The van der Waals surface area contributed by atoms with Crippen molar-refractivity contribution in [3.05, 3.63) is 36.4 Å². The highest BCUT2D eigenvalue weighted by Gasteiger charge is 2.27. The minimum Gasteiger partial charge on any atom is -0.488 e. The monoisotopic (exact) mass is 287 g/mol. The molecule has 0 bridgehead atoms. The Morgan fingerprint density at radius 3 is 2.90 bits per heavy atom. The molecular formula is C14H17N5O2. The average Bonchev–Trinajstić information content (AvgIpc) is 2.94. The third-order valence-corrected chi connectivity index (χ3v) is 3.44. The number of nitrogens with zero attached hydrogens (tertiary/aromatic N) is 5. The van der Waals surface area contributed by atoms with E-state index in [4.69, 9.17) is 4.74 Å². The van der Waals surface area contributed by atoms with Gasteiger partial charge in [0.25, 0.3) is 5.91 Å². The predicted octanol–water partition coefficient (Wildman–Crippen LogP) is 0.894. The van der Waals surface area contributed by atoms with Gasteiger partial charge in [0.2, 0.25) is 0 Å². The lowest BCUT2D eigenvalue weighted by Gasteiger charge is -2.32. The Balaban J connectivity index is 1.64. The standard InChI is InChI=1S/C14H17N5O2/c1-18-10-13(16-17-18)14(20)19-8-2-3-12(9-19)21-11-4-6-15-7-5-11/h4-7,10,12H,2-3,8-9H2,1H3. The van der Waals surface area contributed by atoms with Crippen LogP contribution in [0.1, 0.15) is 23.3 Å². The number of carbonyl (C=O) groups is 1. The summed E-state index contributed by atoms with van der Waals surface area (Å²) in [5.74, 6) is 0.690. The largest absolute Gasteiger partial charge is 0.488 e. The van der Waals surface area contributed by atoms with Gasteiger partial charge < -0.3 is 9.64 Å². The van der Waals surface area contributed by atoms with Crippen LogP contribution in [0.15, 0.2) is 30.7 Å². The Morgan fingerprint density at radius 2 is 2.19 bits per heavy atom. The Kier molecular flexibility index (Phi) is 3.81. The van der Waals surface area contributed by atoms with Crippen molar-refractivity contribution in [2.24, 2.45) is 7.05 Å². The van der Waals surface area contributed by atoms with Crippen LogP contribution in [0.2, 0.25) is 0 Å². The van der Waals surface area contributed by atoms with Gasteiger partial charge in [0.05, 0.1) is 12.7 Å². The molecule has 7 nitrogen and oxygen atoms in total. The molecule has 2 aromatic rings. The lowest BCUT2D eigenvalue weighted by molar-refractivity contribution is 0.0532. The fourth-order valence-electron chi connectivity index (χ4n) is 2.44. The maximum atomic E-state index is 12.4. The molecule has 0 saturated carbocycles. The average molecular weight is 287 g/mol. The number of carbonyl (C=O) groups excluding carboxylic acids is 1. The Labute approximate surface area is 122 Å². The molecule has 0 spiro atoms. The zero-order valence-electron chi connectivity index (χ0n) is 11.8. The molecule has 1 fully saturated rings. The van der Waals surface area contributed by atoms with Crippen LogP contribution in [0, 0.1) is 0 Å². The minimum absolute atomic E-state index is 0.00164. The SMILES string of the molecule is Cn1cc(C(=O)N2CCCC(Oc3ccncc3)C2)nn1. The molecule has 110 valence electrons. The van der Waals surface area contributed by atoms with Gasteiger partial charge in [-0.2, -0.15) is 0 Å². The van der Waals surface area contributed by atoms with E-state index in [2.05, 4.69) is 15.3 Å². The highest BCUT2D eigenvalue weighted by Crippen LogP contribution is 2.18. The molecule has 0 aliphatic carbocycles. The number of pyridine rings is 1. The van der Waals surface area contributed by atoms with Crippen LogP contribution >= 0.6 is 0 Å². The lowest BCUT2D eigenvalue weighted by atomic mass is 10.1. The fraction of sp³-hybridized carbons (Fsp3) is 0.429. The number of likely N-dealkylation sites (tertiary alicyclic amines) is 1. The number of ether oxygens (including phenoxy) is 1. The van der Waals surface area contributed by atoms with Crippen molar-refractivity contribution >= 4 is 5.91 Å². The maximum Gasteiger partial charge on any atom is 0.276 e. The van der Waals surface area contributed by atoms with Crippen molar-refractivity contribution in [2.45, 2.75) is 18.9 Å². The number of hydrogen-bond acceptors (Lipinski definition) is 5. The van der Waals surface area contributed by atoms with E-state index in [-0.39, 0.29) is 12.0 Å². The van der Waals surface area contributed by atoms with E-state index >= 15 is 0 Å². The summed E-state index contributed by atoms with van der Waals surface area (Å²) in [6.45, 7) is 1.29. The second-order valence-corrected chi connectivity index (χ2v) is 5.09. The number of piperidine rings is 1. The van der Waals surface area contributed by atoms with E-state index in [1.807, 2.05) is 12.1 Å². The van der Waals surface area contributed by atoms with E-state index in [1.54, 1.807) is 30.5 Å². The predicted molar refractivity (Wildman–Crippen MR) is 74.8 cm³/mol. The maximum absolute atomic E-state index is 12.4. The van der Waals surface area contributed by atoms with Crippen molar-refractivity contribution in [3.63, 3.8) is 0 Å². The smallest absolute Gasteiger partial charge is 0.276 e. The van der Waals surface area contributed by atoms with Gasteiger partial charge in [-0.05, 0) is 25.0 Å². The quantitative estimate of drug-likeness (QED) is 0.838. The van der Waals surface area contributed by atoms with Crippen LogP contribution < -0.4 is 4.74 Å². The third kappa shape index (κ3) is 3.18. The second kappa shape index (κ2) is 5.90. The highest BCUT2D eigenvalue weighted by molar-refractivity contribution is 5.92. The van der Waals surface area contributed by atoms with Crippen LogP contribution in [-0.4, -0.2) is 50.0 Å². The van der Waals surface area contributed by atoms with Crippen LogP contribution in [0.25, 0.3) is 0 Å². The van der Waals surface area contributed by atoms with Crippen LogP contribution in [0.4, 0.5) is 0 Å². The van der Waals surface area contributed by atoms with Gasteiger partial charge in [-0.3, -0.25) is 14.5 Å². The molecule has 7 heteroatoms. The first-order valence-electron chi connectivity index (χ1n) is 6.94. The van der Waals surface area contributed by atoms with E-state index in [9.17, 15) is 4.79 Å². The molecule has 3 heterocycles. The number of amides is 1. The fourth-order valence-corrected chi connectivity index (χ4v) is 2.44. The zero-order valence-corrected chi connectivity index (χ0v) is 11.8. The summed E-state index contributed by atoms with van der Waals surface area (Å²) in [5.41, 5.74) is 0.377. The molecule has 0 N–H and O–H groups in total. The molecule has 0 aromatic carbocycles. The summed E-state index contributed by atoms with van der Waals surface area (Å²) in [4.78, 5) is 18.1. The first kappa shape index (κ1) is 13.5. The third-order valence-electron chi connectivity index (χ3n) is 3.44. The molecule has 2 aromatic heterocycles. The molecule has 3 rings (SSSR count). The number of hydrogen-bond donors (Lipinski definition) is 0. The van der Waals surface area contributed by atoms with E-state index < -0.39 is 0 Å². The van der Waals surface area contributed by atoms with Gasteiger partial charge in [0.1, 0.15) is 11.9 Å². The Hall–Kier alpha value is -2.44. The molecule has 1 unspecified atom stereocenters. The van der Waals surface area contributed by atoms with Gasteiger partial charge in [-0.25, -0.2) is 0 Å². The van der Waals surface area contributed by atoms with Gasteiger partial charge in [0.15, 0.2) is 5.69 Å². The van der Waals surface area contributed by atoms with E-state index in [0.29, 0.717) is 12.2 Å². The first-order valence-corrected chi connectivity index (χ1v) is 6.94. The highest BCUT2D eigenvalue weighted by atomic mass is 16.5. The summed E-state index contributed by atoms with van der Waals surface area (Å²) in [7, 11) is 1.75. The van der Waals surface area contributed by atoms with Crippen LogP contribution in [0.3, 0.4) is 0 Å². The van der Waals surface area contributed by atoms with Gasteiger partial charge >= 0.3 is 0 Å². The summed E-state index contributed by atoms with van der Waals surface area (Å²) in [5, 5.41) is 7.67. The van der Waals surface area contributed by atoms with Crippen molar-refractivity contribution in [1.82, 2.24) is 24.9 Å². The van der Waals surface area contributed by atoms with Crippen molar-refractivity contribution in [3.8, 4) is 5.75 Å². The molecule has 1 saturated heterocycles. The number of aromatic nitrogens is 4. The van der Waals surface area contributed by atoms with Crippen molar-refractivity contribution < 1.29 is 9.53 Å². The Bertz CT molecular complexity index is 613. The van der Waals surface area contributed by atoms with Crippen LogP contribution in [0.5, 0.6) is 5.75 Å². The molecule has 1 atom stereocenters. The number of rotatable bonds is 3. The summed E-state index contributed by atoms with van der Waals surface area (Å²) in [6, 6.07) is 3.65. The van der Waals surface area contributed by atoms with E-state index in [0.717, 1.165) is 25.1 Å². The summed E-state index contributed by atoms with van der Waals surface area (Å²) in [6.07, 6.45) is 6.88. The minimum atomic E-state index is -0.0915. The molecule has 1 amide bonds. The summed E-state index contributed by atoms with van der Waals surface area (Å²) < 4.78 is 7.43.